The maximum Gasteiger partial charge on any atom is 0.145 e. The molecule has 0 aromatic heterocycles. The van der Waals surface area contributed by atoms with Gasteiger partial charge in [-0.3, -0.25) is 0 Å². The van der Waals surface area contributed by atoms with Crippen LogP contribution in [0.3, 0.4) is 0 Å². The van der Waals surface area contributed by atoms with Gasteiger partial charge in [-0.1, -0.05) is 51.8 Å². The summed E-state index contributed by atoms with van der Waals surface area (Å²) in [5, 5.41) is 3.38. The topological polar surface area (TPSA) is 12.0 Å². The number of hydrogen-bond acceptors (Lipinski definition) is 1. The number of nitrogens with one attached hydrogen (secondary N) is 1. The summed E-state index contributed by atoms with van der Waals surface area (Å²) in [7, 11) is 1.87. The molecular formula is C15H14BrClFN. The Morgan fingerprint density at radius 2 is 2.00 bits per heavy atom. The van der Waals surface area contributed by atoms with E-state index in [1.54, 1.807) is 18.2 Å². The van der Waals surface area contributed by atoms with Gasteiger partial charge in [0.05, 0.1) is 5.02 Å². The molecule has 0 aliphatic carbocycles. The summed E-state index contributed by atoms with van der Waals surface area (Å²) >= 11 is 9.26. The standard InChI is InChI=1S/C15H14BrClFN/c1-19-14(10-4-2-6-12(16)8-10)9-11-5-3-7-13(17)15(11)18/h2-8,14,19H,9H2,1H3. The van der Waals surface area contributed by atoms with Gasteiger partial charge in [0.1, 0.15) is 5.82 Å². The van der Waals surface area contributed by atoms with Crippen LogP contribution in [-0.2, 0) is 6.42 Å². The van der Waals surface area contributed by atoms with Crippen LogP contribution in [0, 0.1) is 5.82 Å². The van der Waals surface area contributed by atoms with Gasteiger partial charge in [-0.25, -0.2) is 4.39 Å². The largest absolute Gasteiger partial charge is 0.313 e. The summed E-state index contributed by atoms with van der Waals surface area (Å²) < 4.78 is 14.9. The van der Waals surface area contributed by atoms with Crippen molar-refractivity contribution in [1.82, 2.24) is 5.32 Å². The Morgan fingerprint density at radius 3 is 2.68 bits per heavy atom. The Hall–Kier alpha value is -0.900. The van der Waals surface area contributed by atoms with E-state index < -0.39 is 0 Å². The molecule has 1 unspecified atom stereocenters. The van der Waals surface area contributed by atoms with Crippen molar-refractivity contribution in [1.29, 1.82) is 0 Å². The van der Waals surface area contributed by atoms with Gasteiger partial charge in [0.2, 0.25) is 0 Å². The molecule has 1 N–H and O–H groups in total. The summed E-state index contributed by atoms with van der Waals surface area (Å²) in [6.45, 7) is 0. The molecule has 0 spiro atoms. The maximum absolute atomic E-state index is 13.9. The molecule has 2 rings (SSSR count). The number of benzene rings is 2. The third kappa shape index (κ3) is 3.56. The van der Waals surface area contributed by atoms with E-state index in [0.717, 1.165) is 10.0 Å². The lowest BCUT2D eigenvalue weighted by Gasteiger charge is -2.17. The van der Waals surface area contributed by atoms with Crippen molar-refractivity contribution in [2.45, 2.75) is 12.5 Å². The van der Waals surface area contributed by atoms with Crippen molar-refractivity contribution in [2.24, 2.45) is 0 Å². The van der Waals surface area contributed by atoms with Crippen LogP contribution in [0.1, 0.15) is 17.2 Å². The highest BCUT2D eigenvalue weighted by atomic mass is 79.9. The van der Waals surface area contributed by atoms with Gasteiger partial charge >= 0.3 is 0 Å². The van der Waals surface area contributed by atoms with Crippen molar-refractivity contribution in [2.75, 3.05) is 7.05 Å². The Morgan fingerprint density at radius 1 is 1.26 bits per heavy atom. The van der Waals surface area contributed by atoms with E-state index in [1.807, 2.05) is 31.3 Å². The van der Waals surface area contributed by atoms with E-state index in [1.165, 1.54) is 0 Å². The average Bonchev–Trinajstić information content (AvgIpc) is 2.40. The highest BCUT2D eigenvalue weighted by molar-refractivity contribution is 9.10. The minimum absolute atomic E-state index is 0.0467. The van der Waals surface area contributed by atoms with E-state index in [-0.39, 0.29) is 16.9 Å². The Kier molecular flexibility index (Phi) is 4.97. The number of rotatable bonds is 4. The zero-order valence-corrected chi connectivity index (χ0v) is 12.8. The fourth-order valence-corrected chi connectivity index (χ4v) is 2.65. The van der Waals surface area contributed by atoms with Crippen LogP contribution in [0.4, 0.5) is 4.39 Å². The third-order valence-corrected chi connectivity index (χ3v) is 3.84. The highest BCUT2D eigenvalue weighted by Crippen LogP contribution is 2.25. The van der Waals surface area contributed by atoms with E-state index in [4.69, 9.17) is 11.6 Å². The quantitative estimate of drug-likeness (QED) is 0.846. The van der Waals surface area contributed by atoms with Crippen LogP contribution in [0.15, 0.2) is 46.9 Å². The lowest BCUT2D eigenvalue weighted by molar-refractivity contribution is 0.554. The van der Waals surface area contributed by atoms with Crippen molar-refractivity contribution in [3.05, 3.63) is 68.9 Å². The molecule has 2 aromatic carbocycles. The monoisotopic (exact) mass is 341 g/mol. The minimum Gasteiger partial charge on any atom is -0.313 e. The van der Waals surface area contributed by atoms with E-state index in [9.17, 15) is 4.39 Å². The van der Waals surface area contributed by atoms with Gasteiger partial charge in [-0.2, -0.15) is 0 Å². The molecule has 0 amide bonds. The molecule has 0 aliphatic heterocycles. The maximum atomic E-state index is 13.9. The first-order valence-corrected chi connectivity index (χ1v) is 7.14. The van der Waals surface area contributed by atoms with Crippen LogP contribution in [0.5, 0.6) is 0 Å². The Labute approximate surface area is 125 Å². The zero-order chi connectivity index (χ0) is 13.8. The first-order valence-electron chi connectivity index (χ1n) is 5.97. The fourth-order valence-electron chi connectivity index (χ4n) is 2.04. The zero-order valence-electron chi connectivity index (χ0n) is 10.5. The normalized spacial score (nSPS) is 12.4. The fraction of sp³-hybridized carbons (Fsp3) is 0.200. The Bertz CT molecular complexity index is 574. The first-order chi connectivity index (χ1) is 9.11. The third-order valence-electron chi connectivity index (χ3n) is 3.06. The highest BCUT2D eigenvalue weighted by Gasteiger charge is 2.14. The van der Waals surface area contributed by atoms with E-state index in [2.05, 4.69) is 21.2 Å². The Balaban J connectivity index is 2.26. The number of halogens is 3. The van der Waals surface area contributed by atoms with Crippen LogP contribution in [0.25, 0.3) is 0 Å². The summed E-state index contributed by atoms with van der Waals surface area (Å²) in [5.41, 5.74) is 1.73. The SMILES string of the molecule is CNC(Cc1cccc(Cl)c1F)c1cccc(Br)c1. The summed E-state index contributed by atoms with van der Waals surface area (Å²) in [4.78, 5) is 0. The molecule has 0 radical (unpaired) electrons. The molecule has 0 bridgehead atoms. The van der Waals surface area contributed by atoms with Crippen molar-refractivity contribution in [3.8, 4) is 0 Å². The van der Waals surface area contributed by atoms with Gasteiger partial charge in [-0.05, 0) is 42.8 Å². The molecule has 0 heterocycles. The molecular weight excluding hydrogens is 329 g/mol. The van der Waals surface area contributed by atoms with Crippen LogP contribution >= 0.6 is 27.5 Å². The second-order valence-electron chi connectivity index (χ2n) is 4.31. The van der Waals surface area contributed by atoms with Gasteiger partial charge in [-0.15, -0.1) is 0 Å². The second-order valence-corrected chi connectivity index (χ2v) is 5.64. The lowest BCUT2D eigenvalue weighted by atomic mass is 9.99. The minimum atomic E-state index is -0.334. The summed E-state index contributed by atoms with van der Waals surface area (Å²) in [6, 6.07) is 13.1. The number of hydrogen-bond donors (Lipinski definition) is 1. The van der Waals surface area contributed by atoms with Crippen LogP contribution < -0.4 is 5.32 Å². The van der Waals surface area contributed by atoms with E-state index in [0.29, 0.717) is 12.0 Å². The lowest BCUT2D eigenvalue weighted by Crippen LogP contribution is -2.19. The molecule has 1 nitrogen and oxygen atoms in total. The van der Waals surface area contributed by atoms with Gasteiger partial charge in [0, 0.05) is 10.5 Å². The molecule has 0 saturated heterocycles. The van der Waals surface area contributed by atoms with Crippen LogP contribution in [0.2, 0.25) is 5.02 Å². The van der Waals surface area contributed by atoms with Crippen molar-refractivity contribution < 1.29 is 4.39 Å². The van der Waals surface area contributed by atoms with Crippen molar-refractivity contribution in [3.63, 3.8) is 0 Å². The molecule has 0 saturated carbocycles. The predicted molar refractivity (Wildman–Crippen MR) is 81.1 cm³/mol. The number of likely N-dealkylation sites (N-methyl/N-ethyl adjacent to an activating group) is 1. The summed E-state index contributed by atoms with van der Waals surface area (Å²) in [6.07, 6.45) is 0.555. The average molecular weight is 343 g/mol. The first kappa shape index (κ1) is 14.5. The molecule has 1 atom stereocenters. The van der Waals surface area contributed by atoms with Gasteiger partial charge in [0.15, 0.2) is 0 Å². The second kappa shape index (κ2) is 6.51. The molecule has 19 heavy (non-hydrogen) atoms. The van der Waals surface area contributed by atoms with Crippen molar-refractivity contribution >= 4 is 27.5 Å². The molecule has 100 valence electrons. The van der Waals surface area contributed by atoms with E-state index >= 15 is 0 Å². The summed E-state index contributed by atoms with van der Waals surface area (Å²) in [5.74, 6) is -0.334. The molecule has 2 aromatic rings. The smallest absolute Gasteiger partial charge is 0.145 e. The molecule has 0 aliphatic rings. The van der Waals surface area contributed by atoms with Crippen LogP contribution in [-0.4, -0.2) is 7.05 Å². The molecule has 4 heteroatoms. The van der Waals surface area contributed by atoms with Gasteiger partial charge in [0.25, 0.3) is 0 Å². The predicted octanol–water partition coefficient (Wildman–Crippen LogP) is 4.74. The molecule has 0 fully saturated rings. The van der Waals surface area contributed by atoms with Gasteiger partial charge < -0.3 is 5.32 Å².